The van der Waals surface area contributed by atoms with E-state index in [-0.39, 0.29) is 0 Å². The maximum absolute atomic E-state index is 11.0. The minimum Gasteiger partial charge on any atom is -0.496 e. The van der Waals surface area contributed by atoms with Crippen LogP contribution < -0.4 is 4.74 Å². The van der Waals surface area contributed by atoms with Gasteiger partial charge in [-0.2, -0.15) is 0 Å². The van der Waals surface area contributed by atoms with Crippen molar-refractivity contribution in [3.63, 3.8) is 0 Å². The third-order valence-electron chi connectivity index (χ3n) is 2.81. The van der Waals surface area contributed by atoms with Crippen molar-refractivity contribution in [1.29, 1.82) is 0 Å². The van der Waals surface area contributed by atoms with Gasteiger partial charge in [0, 0.05) is 10.6 Å². The number of ether oxygens (including phenoxy) is 1. The third kappa shape index (κ3) is 3.67. The zero-order chi connectivity index (χ0) is 13.8. The summed E-state index contributed by atoms with van der Waals surface area (Å²) in [5.74, 6) is 0.677. The molecule has 1 N–H and O–H groups in total. The number of thioether (sulfide) groups is 1. The number of hydrogen-bond acceptors (Lipinski definition) is 3. The Hall–Kier alpha value is -1.16. The third-order valence-corrected chi connectivity index (χ3v) is 4.26. The number of rotatable bonds is 6. The largest absolute Gasteiger partial charge is 0.496 e. The highest BCUT2D eigenvalue weighted by molar-refractivity contribution is 7.99. The second-order valence-electron chi connectivity index (χ2n) is 4.80. The molecule has 1 rings (SSSR count). The molecule has 1 aromatic carbocycles. The van der Waals surface area contributed by atoms with Gasteiger partial charge in [-0.25, -0.2) is 0 Å². The predicted molar refractivity (Wildman–Crippen MR) is 74.5 cm³/mol. The van der Waals surface area contributed by atoms with Crippen LogP contribution in [0.25, 0.3) is 0 Å². The first kappa shape index (κ1) is 14.9. The summed E-state index contributed by atoms with van der Waals surface area (Å²) in [4.78, 5) is 12.1. The fourth-order valence-corrected chi connectivity index (χ4v) is 2.49. The Labute approximate surface area is 113 Å². The van der Waals surface area contributed by atoms with E-state index in [0.29, 0.717) is 5.75 Å². The summed E-state index contributed by atoms with van der Waals surface area (Å²) in [7, 11) is 1.66. The maximum Gasteiger partial charge on any atom is 0.309 e. The fourth-order valence-electron chi connectivity index (χ4n) is 1.45. The Balaban J connectivity index is 2.77. The van der Waals surface area contributed by atoms with Gasteiger partial charge in [-0.05, 0) is 44.0 Å². The monoisotopic (exact) mass is 268 g/mol. The Morgan fingerprint density at radius 1 is 1.44 bits per heavy atom. The first-order chi connectivity index (χ1) is 8.40. The standard InChI is InChI=1S/C14H20O3S/c1-5-10-8-11(6-7-12(10)17-4)18-9-14(2,3)13(15)16/h6-8H,5,9H2,1-4H3,(H,15,16). The van der Waals surface area contributed by atoms with Crippen LogP contribution in [0.3, 0.4) is 0 Å². The van der Waals surface area contributed by atoms with Crippen molar-refractivity contribution in [2.24, 2.45) is 5.41 Å². The molecule has 0 aromatic heterocycles. The Kier molecular flexibility index (Phi) is 5.08. The predicted octanol–water partition coefficient (Wildman–Crippen LogP) is 3.46. The normalized spacial score (nSPS) is 11.3. The summed E-state index contributed by atoms with van der Waals surface area (Å²) in [6.45, 7) is 5.56. The fraction of sp³-hybridized carbons (Fsp3) is 0.500. The van der Waals surface area contributed by atoms with Gasteiger partial charge < -0.3 is 9.84 Å². The van der Waals surface area contributed by atoms with Crippen LogP contribution in [-0.2, 0) is 11.2 Å². The van der Waals surface area contributed by atoms with Crippen LogP contribution in [-0.4, -0.2) is 23.9 Å². The van der Waals surface area contributed by atoms with Gasteiger partial charge in [-0.1, -0.05) is 6.92 Å². The van der Waals surface area contributed by atoms with Crippen LogP contribution in [0.2, 0.25) is 0 Å². The minimum atomic E-state index is -0.765. The molecule has 100 valence electrons. The molecule has 0 heterocycles. The molecule has 0 fully saturated rings. The van der Waals surface area contributed by atoms with E-state index in [1.54, 1.807) is 32.7 Å². The molecule has 0 atom stereocenters. The van der Waals surface area contributed by atoms with Gasteiger partial charge in [0.1, 0.15) is 5.75 Å². The number of carboxylic acids is 1. The summed E-state index contributed by atoms with van der Waals surface area (Å²) in [6, 6.07) is 5.98. The van der Waals surface area contributed by atoms with Gasteiger partial charge in [0.15, 0.2) is 0 Å². The lowest BCUT2D eigenvalue weighted by Gasteiger charge is -2.18. The number of carboxylic acid groups (broad SMARTS) is 1. The number of aliphatic carboxylic acids is 1. The van der Waals surface area contributed by atoms with Crippen LogP contribution in [0, 0.1) is 5.41 Å². The number of benzene rings is 1. The van der Waals surface area contributed by atoms with Gasteiger partial charge >= 0.3 is 5.97 Å². The summed E-state index contributed by atoms with van der Waals surface area (Å²) in [6.07, 6.45) is 0.903. The highest BCUT2D eigenvalue weighted by atomic mass is 32.2. The van der Waals surface area contributed by atoms with E-state index in [4.69, 9.17) is 9.84 Å². The summed E-state index contributed by atoms with van der Waals surface area (Å²) >= 11 is 1.57. The smallest absolute Gasteiger partial charge is 0.309 e. The van der Waals surface area contributed by atoms with E-state index in [1.807, 2.05) is 12.1 Å². The van der Waals surface area contributed by atoms with Gasteiger partial charge in [-0.3, -0.25) is 4.79 Å². The molecule has 0 saturated carbocycles. The molecule has 0 aliphatic carbocycles. The lowest BCUT2D eigenvalue weighted by Crippen LogP contribution is -2.26. The van der Waals surface area contributed by atoms with Crippen molar-refractivity contribution in [3.8, 4) is 5.75 Å². The average molecular weight is 268 g/mol. The minimum absolute atomic E-state index is 0.553. The van der Waals surface area contributed by atoms with Gasteiger partial charge in [0.2, 0.25) is 0 Å². The first-order valence-electron chi connectivity index (χ1n) is 5.94. The number of hydrogen-bond donors (Lipinski definition) is 1. The Bertz CT molecular complexity index is 427. The van der Waals surface area contributed by atoms with Crippen molar-refractivity contribution >= 4 is 17.7 Å². The first-order valence-corrected chi connectivity index (χ1v) is 6.92. The molecule has 0 radical (unpaired) electrons. The van der Waals surface area contributed by atoms with Crippen LogP contribution in [0.5, 0.6) is 5.75 Å². The van der Waals surface area contributed by atoms with Gasteiger partial charge in [0.25, 0.3) is 0 Å². The second-order valence-corrected chi connectivity index (χ2v) is 5.85. The Morgan fingerprint density at radius 2 is 2.11 bits per heavy atom. The van der Waals surface area contributed by atoms with Crippen molar-refractivity contribution < 1.29 is 14.6 Å². The molecule has 18 heavy (non-hydrogen) atoms. The maximum atomic E-state index is 11.0. The number of methoxy groups -OCH3 is 1. The van der Waals surface area contributed by atoms with Crippen molar-refractivity contribution in [2.45, 2.75) is 32.1 Å². The molecule has 0 bridgehead atoms. The van der Waals surface area contributed by atoms with Crippen LogP contribution in [0.15, 0.2) is 23.1 Å². The summed E-state index contributed by atoms with van der Waals surface area (Å²) < 4.78 is 5.27. The molecule has 3 nitrogen and oxygen atoms in total. The number of aryl methyl sites for hydroxylation is 1. The summed E-state index contributed by atoms with van der Waals surface area (Å²) in [5.41, 5.74) is 0.437. The van der Waals surface area contributed by atoms with Crippen molar-refractivity contribution in [1.82, 2.24) is 0 Å². The van der Waals surface area contributed by atoms with Crippen molar-refractivity contribution in [3.05, 3.63) is 23.8 Å². The highest BCUT2D eigenvalue weighted by Crippen LogP contribution is 2.31. The topological polar surface area (TPSA) is 46.5 Å². The van der Waals surface area contributed by atoms with E-state index >= 15 is 0 Å². The molecule has 1 aromatic rings. The molecule has 0 aliphatic rings. The lowest BCUT2D eigenvalue weighted by atomic mass is 9.97. The highest BCUT2D eigenvalue weighted by Gasteiger charge is 2.27. The molecular formula is C14H20O3S. The van der Waals surface area contributed by atoms with E-state index in [1.165, 1.54) is 0 Å². The van der Waals surface area contributed by atoms with Gasteiger partial charge in [0.05, 0.1) is 12.5 Å². The molecule has 0 saturated heterocycles. The molecule has 0 spiro atoms. The molecule has 0 unspecified atom stereocenters. The second kappa shape index (κ2) is 6.14. The molecule has 4 heteroatoms. The quantitative estimate of drug-likeness (QED) is 0.803. The van der Waals surface area contributed by atoms with E-state index in [9.17, 15) is 4.79 Å². The Morgan fingerprint density at radius 3 is 2.61 bits per heavy atom. The van der Waals surface area contributed by atoms with E-state index < -0.39 is 11.4 Å². The summed E-state index contributed by atoms with van der Waals surface area (Å²) in [5, 5.41) is 9.07. The zero-order valence-corrected chi connectivity index (χ0v) is 12.1. The van der Waals surface area contributed by atoms with Crippen LogP contribution in [0.1, 0.15) is 26.3 Å². The van der Waals surface area contributed by atoms with Crippen molar-refractivity contribution in [2.75, 3.05) is 12.9 Å². The lowest BCUT2D eigenvalue weighted by molar-refractivity contribution is -0.145. The van der Waals surface area contributed by atoms with Crippen LogP contribution >= 0.6 is 11.8 Å². The number of carbonyl (C=O) groups is 1. The average Bonchev–Trinajstić information content (AvgIpc) is 2.35. The zero-order valence-electron chi connectivity index (χ0n) is 11.3. The SMILES string of the molecule is CCc1cc(SCC(C)(C)C(=O)O)ccc1OC. The molecule has 0 aliphatic heterocycles. The molecular weight excluding hydrogens is 248 g/mol. The van der Waals surface area contributed by atoms with Crippen LogP contribution in [0.4, 0.5) is 0 Å². The van der Waals surface area contributed by atoms with Gasteiger partial charge in [-0.15, -0.1) is 11.8 Å². The van der Waals surface area contributed by atoms with E-state index in [2.05, 4.69) is 13.0 Å². The molecule has 0 amide bonds. The van der Waals surface area contributed by atoms with E-state index in [0.717, 1.165) is 22.6 Å².